The average Bonchev–Trinajstić information content (AvgIpc) is 2.61. The molecule has 2 aromatic carbocycles. The van der Waals surface area contributed by atoms with Crippen LogP contribution >= 0.6 is 11.6 Å². The second kappa shape index (κ2) is 7.57. The second-order valence-electron chi connectivity index (χ2n) is 5.90. The van der Waals surface area contributed by atoms with Crippen LogP contribution in [0.15, 0.2) is 48.5 Å². The Labute approximate surface area is 151 Å². The number of fused-ring (bicyclic) bond motifs is 1. The molecule has 0 saturated heterocycles. The summed E-state index contributed by atoms with van der Waals surface area (Å²) in [6, 6.07) is 14.6. The van der Waals surface area contributed by atoms with E-state index in [1.165, 1.54) is 0 Å². The third-order valence-electron chi connectivity index (χ3n) is 4.10. The molecule has 6 heteroatoms. The van der Waals surface area contributed by atoms with Gasteiger partial charge in [-0.2, -0.15) is 0 Å². The van der Waals surface area contributed by atoms with E-state index in [1.54, 1.807) is 11.0 Å². The van der Waals surface area contributed by atoms with Crippen molar-refractivity contribution in [3.05, 3.63) is 59.1 Å². The van der Waals surface area contributed by atoms with E-state index in [4.69, 9.17) is 16.3 Å². The third-order valence-corrected chi connectivity index (χ3v) is 4.33. The van der Waals surface area contributed by atoms with Crippen LogP contribution in [0.4, 0.5) is 5.69 Å². The van der Waals surface area contributed by atoms with Crippen LogP contribution in [-0.4, -0.2) is 25.0 Å². The van der Waals surface area contributed by atoms with Gasteiger partial charge in [-0.1, -0.05) is 35.9 Å². The largest absolute Gasteiger partial charge is 0.482 e. The Kier molecular flexibility index (Phi) is 5.24. The monoisotopic (exact) mass is 358 g/mol. The normalized spacial score (nSPS) is 14.5. The highest BCUT2D eigenvalue weighted by molar-refractivity contribution is 6.30. The second-order valence-corrected chi connectivity index (χ2v) is 6.33. The van der Waals surface area contributed by atoms with Crippen molar-refractivity contribution in [1.29, 1.82) is 0 Å². The molecule has 3 rings (SSSR count). The summed E-state index contributed by atoms with van der Waals surface area (Å²) >= 11 is 5.98. The lowest BCUT2D eigenvalue weighted by molar-refractivity contribution is -0.122. The van der Waals surface area contributed by atoms with Gasteiger partial charge in [0.05, 0.1) is 11.7 Å². The van der Waals surface area contributed by atoms with Crippen LogP contribution in [0.1, 0.15) is 24.9 Å². The maximum atomic E-state index is 12.3. The van der Waals surface area contributed by atoms with Crippen LogP contribution in [0, 0.1) is 0 Å². The molecule has 1 unspecified atom stereocenters. The minimum absolute atomic E-state index is 0.00243. The topological polar surface area (TPSA) is 58.6 Å². The number of hydrogen-bond acceptors (Lipinski definition) is 3. The molecule has 0 radical (unpaired) electrons. The highest BCUT2D eigenvalue weighted by atomic mass is 35.5. The molecular formula is C19H19ClN2O3. The van der Waals surface area contributed by atoms with Crippen molar-refractivity contribution in [2.24, 2.45) is 0 Å². The first-order chi connectivity index (χ1) is 12.0. The van der Waals surface area contributed by atoms with Gasteiger partial charge in [0.25, 0.3) is 5.91 Å². The molecule has 1 aliphatic heterocycles. The lowest BCUT2D eigenvalue weighted by Gasteiger charge is -2.29. The Morgan fingerprint density at radius 2 is 2.08 bits per heavy atom. The number of carbonyl (C=O) groups excluding carboxylic acids is 2. The molecule has 130 valence electrons. The molecule has 0 aliphatic carbocycles. The standard InChI is InChI=1S/C19H19ClN2O3/c1-13(14-5-4-6-15(20)11-14)21-18(23)9-10-22-16-7-2-3-8-17(16)25-12-19(22)24/h2-8,11,13H,9-10,12H2,1H3,(H,21,23). The molecule has 1 heterocycles. The summed E-state index contributed by atoms with van der Waals surface area (Å²) in [6.07, 6.45) is 0.213. The van der Waals surface area contributed by atoms with Gasteiger partial charge < -0.3 is 15.0 Å². The smallest absolute Gasteiger partial charge is 0.265 e. The lowest BCUT2D eigenvalue weighted by Crippen LogP contribution is -2.41. The number of amides is 2. The van der Waals surface area contributed by atoms with Gasteiger partial charge in [-0.05, 0) is 36.8 Å². The summed E-state index contributed by atoms with van der Waals surface area (Å²) in [5.74, 6) is 0.397. The number of rotatable bonds is 5. The van der Waals surface area contributed by atoms with E-state index in [1.807, 2.05) is 49.4 Å². The highest BCUT2D eigenvalue weighted by Crippen LogP contribution is 2.31. The number of anilines is 1. The van der Waals surface area contributed by atoms with E-state index in [0.29, 0.717) is 23.0 Å². The molecule has 1 N–H and O–H groups in total. The van der Waals surface area contributed by atoms with Gasteiger partial charge in [0.2, 0.25) is 5.91 Å². The van der Waals surface area contributed by atoms with Gasteiger partial charge in [0.1, 0.15) is 5.75 Å². The zero-order chi connectivity index (χ0) is 17.8. The number of halogens is 1. The summed E-state index contributed by atoms with van der Waals surface area (Å²) < 4.78 is 5.40. The van der Waals surface area contributed by atoms with E-state index in [9.17, 15) is 9.59 Å². The first-order valence-corrected chi connectivity index (χ1v) is 8.49. The fraction of sp³-hybridized carbons (Fsp3) is 0.263. The van der Waals surface area contributed by atoms with E-state index in [-0.39, 0.29) is 30.9 Å². The maximum Gasteiger partial charge on any atom is 0.265 e. The van der Waals surface area contributed by atoms with Crippen molar-refractivity contribution in [2.45, 2.75) is 19.4 Å². The Balaban J connectivity index is 1.60. The van der Waals surface area contributed by atoms with Gasteiger partial charge in [0.15, 0.2) is 6.61 Å². The molecule has 0 saturated carbocycles. The quantitative estimate of drug-likeness (QED) is 0.891. The number of ether oxygens (including phenoxy) is 1. The molecule has 0 fully saturated rings. The maximum absolute atomic E-state index is 12.3. The van der Waals surface area contributed by atoms with Gasteiger partial charge >= 0.3 is 0 Å². The van der Waals surface area contributed by atoms with Gasteiger partial charge in [0, 0.05) is 18.0 Å². The minimum atomic E-state index is -0.154. The van der Waals surface area contributed by atoms with Crippen molar-refractivity contribution in [1.82, 2.24) is 5.32 Å². The van der Waals surface area contributed by atoms with Crippen LogP contribution < -0.4 is 15.0 Å². The molecule has 2 aromatic rings. The Bertz CT molecular complexity index is 794. The summed E-state index contributed by atoms with van der Waals surface area (Å²) in [4.78, 5) is 26.0. The van der Waals surface area contributed by atoms with Crippen LogP contribution in [0.5, 0.6) is 5.75 Å². The van der Waals surface area contributed by atoms with Crippen LogP contribution in [0.25, 0.3) is 0 Å². The predicted octanol–water partition coefficient (Wildman–Crippen LogP) is 3.33. The van der Waals surface area contributed by atoms with E-state index >= 15 is 0 Å². The number of carbonyl (C=O) groups is 2. The molecule has 25 heavy (non-hydrogen) atoms. The van der Waals surface area contributed by atoms with Crippen molar-refractivity contribution in [2.75, 3.05) is 18.1 Å². The lowest BCUT2D eigenvalue weighted by atomic mass is 10.1. The van der Waals surface area contributed by atoms with Gasteiger partial charge in [-0.25, -0.2) is 0 Å². The third kappa shape index (κ3) is 4.12. The first-order valence-electron chi connectivity index (χ1n) is 8.11. The van der Waals surface area contributed by atoms with Crippen molar-refractivity contribution < 1.29 is 14.3 Å². The fourth-order valence-electron chi connectivity index (χ4n) is 2.79. The Hall–Kier alpha value is -2.53. The van der Waals surface area contributed by atoms with Crippen LogP contribution in [-0.2, 0) is 9.59 Å². The van der Waals surface area contributed by atoms with Gasteiger partial charge in [-0.15, -0.1) is 0 Å². The number of nitrogens with zero attached hydrogens (tertiary/aromatic N) is 1. The van der Waals surface area contributed by atoms with E-state index in [2.05, 4.69) is 5.32 Å². The molecule has 1 atom stereocenters. The molecule has 2 amide bonds. The van der Waals surface area contributed by atoms with Crippen molar-refractivity contribution in [3.63, 3.8) is 0 Å². The van der Waals surface area contributed by atoms with Crippen molar-refractivity contribution >= 4 is 29.1 Å². The molecule has 0 bridgehead atoms. The number of hydrogen-bond donors (Lipinski definition) is 1. The summed E-state index contributed by atoms with van der Waals surface area (Å²) in [5.41, 5.74) is 1.64. The zero-order valence-corrected chi connectivity index (χ0v) is 14.6. The molecule has 0 aromatic heterocycles. The summed E-state index contributed by atoms with van der Waals surface area (Å²) in [5, 5.41) is 3.57. The molecule has 5 nitrogen and oxygen atoms in total. The van der Waals surface area contributed by atoms with E-state index in [0.717, 1.165) is 5.56 Å². The number of benzene rings is 2. The Morgan fingerprint density at radius 3 is 2.88 bits per heavy atom. The average molecular weight is 359 g/mol. The van der Waals surface area contributed by atoms with Gasteiger partial charge in [-0.3, -0.25) is 9.59 Å². The van der Waals surface area contributed by atoms with Crippen LogP contribution in [0.2, 0.25) is 5.02 Å². The first kappa shape index (κ1) is 17.3. The molecule has 0 spiro atoms. The van der Waals surface area contributed by atoms with E-state index < -0.39 is 0 Å². The van der Waals surface area contributed by atoms with Crippen molar-refractivity contribution in [3.8, 4) is 5.75 Å². The number of nitrogens with one attached hydrogen (secondary N) is 1. The molecular weight excluding hydrogens is 340 g/mol. The number of para-hydroxylation sites is 2. The predicted molar refractivity (Wildman–Crippen MR) is 96.9 cm³/mol. The minimum Gasteiger partial charge on any atom is -0.482 e. The summed E-state index contributed by atoms with van der Waals surface area (Å²) in [6.45, 7) is 2.21. The zero-order valence-electron chi connectivity index (χ0n) is 13.9. The summed E-state index contributed by atoms with van der Waals surface area (Å²) in [7, 11) is 0. The molecule has 1 aliphatic rings. The SMILES string of the molecule is CC(NC(=O)CCN1C(=O)COc2ccccc21)c1cccc(Cl)c1. The Morgan fingerprint density at radius 1 is 1.28 bits per heavy atom. The highest BCUT2D eigenvalue weighted by Gasteiger charge is 2.25. The van der Waals surface area contributed by atoms with Crippen LogP contribution in [0.3, 0.4) is 0 Å². The fourth-order valence-corrected chi connectivity index (χ4v) is 2.98.